The van der Waals surface area contributed by atoms with Crippen molar-refractivity contribution in [3.8, 4) is 28.7 Å². The van der Waals surface area contributed by atoms with E-state index in [0.29, 0.717) is 23.0 Å². The fraction of sp³-hybridized carbons (Fsp3) is 0.154. The van der Waals surface area contributed by atoms with E-state index in [0.717, 1.165) is 26.7 Å². The normalized spacial score (nSPS) is 10.9. The molecule has 1 N–H and O–H groups in total. The molecule has 4 rings (SSSR count). The van der Waals surface area contributed by atoms with E-state index in [9.17, 15) is 5.11 Å². The summed E-state index contributed by atoms with van der Waals surface area (Å²) in [6.07, 6.45) is 0. The lowest BCUT2D eigenvalue weighted by atomic mass is 10.1. The van der Waals surface area contributed by atoms with Crippen molar-refractivity contribution < 1.29 is 24.1 Å². The van der Waals surface area contributed by atoms with Crippen molar-refractivity contribution in [2.24, 2.45) is 0 Å². The predicted molar refractivity (Wildman–Crippen MR) is 131 cm³/mol. The molecule has 0 unspecified atom stereocenters. The molecule has 0 radical (unpaired) electrons. The first-order chi connectivity index (χ1) is 15.6. The highest BCUT2D eigenvalue weighted by Gasteiger charge is 2.32. The molecule has 0 aliphatic heterocycles. The molecule has 0 atom stereocenters. The van der Waals surface area contributed by atoms with Crippen LogP contribution in [0, 0.1) is 0 Å². The Kier molecular flexibility index (Phi) is 6.38. The Morgan fingerprint density at radius 2 is 1.03 bits per heavy atom. The molecule has 0 amide bonds. The maximum absolute atomic E-state index is 11.4. The average Bonchev–Trinajstić information content (AvgIpc) is 2.85. The summed E-state index contributed by atoms with van der Waals surface area (Å²) >= 11 is 0. The van der Waals surface area contributed by atoms with Gasteiger partial charge in [-0.3, -0.25) is 0 Å². The first-order valence-corrected chi connectivity index (χ1v) is 11.4. The summed E-state index contributed by atoms with van der Waals surface area (Å²) in [5.74, 6) is 2.87. The van der Waals surface area contributed by atoms with Crippen molar-refractivity contribution in [3.63, 3.8) is 0 Å². The van der Waals surface area contributed by atoms with Crippen LogP contribution < -0.4 is 34.9 Å². The number of benzene rings is 4. The minimum absolute atomic E-state index is 0.218. The van der Waals surface area contributed by atoms with Crippen LogP contribution in [0.15, 0.2) is 72.8 Å². The van der Waals surface area contributed by atoms with Crippen molar-refractivity contribution >= 4 is 34.6 Å². The van der Waals surface area contributed by atoms with Crippen LogP contribution in [-0.2, 0) is 0 Å². The van der Waals surface area contributed by atoms with Crippen molar-refractivity contribution in [3.05, 3.63) is 72.8 Å². The van der Waals surface area contributed by atoms with Gasteiger partial charge in [-0.05, 0) is 35.7 Å². The van der Waals surface area contributed by atoms with Crippen LogP contribution in [0.4, 0.5) is 0 Å². The molecule has 0 heterocycles. The molecule has 4 aromatic carbocycles. The van der Waals surface area contributed by atoms with E-state index in [1.807, 2.05) is 72.8 Å². The quantitative estimate of drug-likeness (QED) is 0.427. The average molecular weight is 448 g/mol. The number of rotatable bonds is 7. The van der Waals surface area contributed by atoms with Crippen molar-refractivity contribution in [2.75, 3.05) is 28.4 Å². The fourth-order valence-corrected chi connectivity index (χ4v) is 6.69. The Bertz CT molecular complexity index is 1150. The summed E-state index contributed by atoms with van der Waals surface area (Å²) in [4.78, 5) is 0. The third kappa shape index (κ3) is 3.69. The van der Waals surface area contributed by atoms with Crippen LogP contribution >= 0.6 is 7.92 Å². The molecule has 164 valence electrons. The molecule has 0 saturated carbocycles. The van der Waals surface area contributed by atoms with Gasteiger partial charge in [0.05, 0.1) is 39.0 Å². The third-order valence-corrected chi connectivity index (χ3v) is 7.99. The predicted octanol–water partition coefficient (Wildman–Crippen LogP) is 4.34. The lowest BCUT2D eigenvalue weighted by Gasteiger charge is -2.27. The summed E-state index contributed by atoms with van der Waals surface area (Å²) < 4.78 is 23.0. The van der Waals surface area contributed by atoms with Gasteiger partial charge in [-0.1, -0.05) is 42.5 Å². The number of ether oxygens (including phenoxy) is 4. The van der Waals surface area contributed by atoms with E-state index >= 15 is 0 Å². The van der Waals surface area contributed by atoms with Gasteiger partial charge in [-0.2, -0.15) is 0 Å². The van der Waals surface area contributed by atoms with Gasteiger partial charge >= 0.3 is 0 Å². The van der Waals surface area contributed by atoms with Gasteiger partial charge in [-0.15, -0.1) is 0 Å². The highest BCUT2D eigenvalue weighted by Crippen LogP contribution is 2.48. The number of phenols is 1. The first kappa shape index (κ1) is 21.8. The second kappa shape index (κ2) is 9.37. The van der Waals surface area contributed by atoms with Crippen LogP contribution in [0.2, 0.25) is 0 Å². The minimum Gasteiger partial charge on any atom is -0.507 e. The topological polar surface area (TPSA) is 57.2 Å². The standard InChI is InChI=1S/C26H25O5P/c1-28-19-11-7-12-20(29-2)25(19)32(26-21(30-3)13-8-14-22(26)31-4)23-16-15-17-9-5-6-10-18(17)24(23)27/h5-16,27H,1-4H3. The summed E-state index contributed by atoms with van der Waals surface area (Å²) in [6, 6.07) is 23.1. The zero-order valence-corrected chi connectivity index (χ0v) is 19.4. The molecular weight excluding hydrogens is 423 g/mol. The highest BCUT2D eigenvalue weighted by atomic mass is 31.1. The Morgan fingerprint density at radius 3 is 1.50 bits per heavy atom. The Balaban J connectivity index is 2.13. The smallest absolute Gasteiger partial charge is 0.131 e. The Morgan fingerprint density at radius 1 is 0.562 bits per heavy atom. The van der Waals surface area contributed by atoms with Crippen LogP contribution in [0.5, 0.6) is 28.7 Å². The van der Waals surface area contributed by atoms with Crippen LogP contribution in [-0.4, -0.2) is 33.5 Å². The molecule has 0 saturated heterocycles. The fourth-order valence-electron chi connectivity index (χ4n) is 3.88. The van der Waals surface area contributed by atoms with Gasteiger partial charge in [0.25, 0.3) is 0 Å². The van der Waals surface area contributed by atoms with Crippen LogP contribution in [0.25, 0.3) is 10.8 Å². The molecule has 0 aliphatic carbocycles. The van der Waals surface area contributed by atoms with E-state index in [-0.39, 0.29) is 5.75 Å². The molecule has 0 bridgehead atoms. The van der Waals surface area contributed by atoms with Gasteiger partial charge in [0.15, 0.2) is 0 Å². The first-order valence-electron chi connectivity index (χ1n) is 10.1. The van der Waals surface area contributed by atoms with Gasteiger partial charge in [0, 0.05) is 18.6 Å². The number of fused-ring (bicyclic) bond motifs is 1. The van der Waals surface area contributed by atoms with Gasteiger partial charge in [0.1, 0.15) is 28.7 Å². The summed E-state index contributed by atoms with van der Waals surface area (Å²) in [5.41, 5.74) is 0. The molecule has 0 fully saturated rings. The molecule has 4 aromatic rings. The molecule has 32 heavy (non-hydrogen) atoms. The molecule has 5 nitrogen and oxygen atoms in total. The van der Waals surface area contributed by atoms with Crippen molar-refractivity contribution in [2.45, 2.75) is 0 Å². The second-order valence-electron chi connectivity index (χ2n) is 7.01. The number of methoxy groups -OCH3 is 4. The van der Waals surface area contributed by atoms with Crippen LogP contribution in [0.1, 0.15) is 0 Å². The lowest BCUT2D eigenvalue weighted by molar-refractivity contribution is 0.399. The Hall–Kier alpha value is -3.43. The number of aromatic hydroxyl groups is 1. The van der Waals surface area contributed by atoms with E-state index < -0.39 is 7.92 Å². The van der Waals surface area contributed by atoms with E-state index in [1.165, 1.54) is 0 Å². The lowest BCUT2D eigenvalue weighted by Crippen LogP contribution is -2.26. The summed E-state index contributed by atoms with van der Waals surface area (Å²) in [7, 11) is 5.13. The number of hydrogen-bond donors (Lipinski definition) is 1. The minimum atomic E-state index is -1.40. The molecule has 6 heteroatoms. The zero-order chi connectivity index (χ0) is 22.7. The monoisotopic (exact) mass is 448 g/mol. The third-order valence-electron chi connectivity index (χ3n) is 5.37. The van der Waals surface area contributed by atoms with E-state index in [1.54, 1.807) is 28.4 Å². The highest BCUT2D eigenvalue weighted by molar-refractivity contribution is 7.80. The maximum Gasteiger partial charge on any atom is 0.131 e. The molecule has 0 spiro atoms. The number of phenolic OH excluding ortho intramolecular Hbond substituents is 1. The zero-order valence-electron chi connectivity index (χ0n) is 18.5. The second-order valence-corrected chi connectivity index (χ2v) is 9.06. The molecule has 0 aliphatic rings. The summed E-state index contributed by atoms with van der Waals surface area (Å²) in [6.45, 7) is 0. The SMILES string of the molecule is COc1cccc(OC)c1P(c1ccc2ccccc2c1O)c1c(OC)cccc1OC. The van der Waals surface area contributed by atoms with Gasteiger partial charge in [0.2, 0.25) is 0 Å². The largest absolute Gasteiger partial charge is 0.507 e. The molecular formula is C26H25O5P. The number of hydrogen-bond acceptors (Lipinski definition) is 5. The molecule has 0 aromatic heterocycles. The van der Waals surface area contributed by atoms with Crippen molar-refractivity contribution in [1.82, 2.24) is 0 Å². The van der Waals surface area contributed by atoms with Gasteiger partial charge in [-0.25, -0.2) is 0 Å². The summed E-state index contributed by atoms with van der Waals surface area (Å²) in [5, 5.41) is 15.6. The Labute approximate surface area is 188 Å². The van der Waals surface area contributed by atoms with Crippen molar-refractivity contribution in [1.29, 1.82) is 0 Å². The van der Waals surface area contributed by atoms with E-state index in [4.69, 9.17) is 18.9 Å². The van der Waals surface area contributed by atoms with Gasteiger partial charge < -0.3 is 24.1 Å². The maximum atomic E-state index is 11.4. The van der Waals surface area contributed by atoms with Crippen LogP contribution in [0.3, 0.4) is 0 Å². The van der Waals surface area contributed by atoms with E-state index in [2.05, 4.69) is 0 Å².